The second-order valence-electron chi connectivity index (χ2n) is 7.54. The number of primary amides is 1. The number of fused-ring (bicyclic) bond motifs is 1. The van der Waals surface area contributed by atoms with Crippen LogP contribution in [0.15, 0.2) is 59.0 Å². The Hall–Kier alpha value is -4.67. The number of phenols is 1. The Kier molecular flexibility index (Phi) is 7.00. The second kappa shape index (κ2) is 10.3. The van der Waals surface area contributed by atoms with E-state index in [9.17, 15) is 27.9 Å². The molecule has 0 atom stereocenters. The number of halogens is 3. The number of rotatable bonds is 9. The van der Waals surface area contributed by atoms with Crippen LogP contribution in [0.5, 0.6) is 17.2 Å². The third-order valence-corrected chi connectivity index (χ3v) is 5.12. The summed E-state index contributed by atoms with van der Waals surface area (Å²) in [5, 5.41) is 12.9. The summed E-state index contributed by atoms with van der Waals surface area (Å²) >= 11 is 0. The van der Waals surface area contributed by atoms with Crippen molar-refractivity contribution in [3.8, 4) is 17.2 Å². The highest BCUT2D eigenvalue weighted by Gasteiger charge is 2.22. The molecule has 1 aromatic heterocycles. The molecule has 4 rings (SSSR count). The number of benzene rings is 3. The number of carbonyl (C=O) groups is 2. The molecule has 1 heterocycles. The first-order valence-electron chi connectivity index (χ1n) is 10.6. The first-order valence-corrected chi connectivity index (χ1v) is 10.6. The van der Waals surface area contributed by atoms with E-state index in [4.69, 9.17) is 19.6 Å². The van der Waals surface area contributed by atoms with E-state index in [1.165, 1.54) is 18.2 Å². The van der Waals surface area contributed by atoms with Crippen LogP contribution in [0.1, 0.15) is 26.5 Å². The highest BCUT2D eigenvalue weighted by atomic mass is 19.1. The van der Waals surface area contributed by atoms with Crippen molar-refractivity contribution in [3.63, 3.8) is 0 Å². The maximum absolute atomic E-state index is 14.0. The van der Waals surface area contributed by atoms with Crippen LogP contribution < -0.4 is 20.5 Å². The Morgan fingerprint density at radius 2 is 1.72 bits per heavy atom. The molecule has 4 N–H and O–H groups in total. The predicted molar refractivity (Wildman–Crippen MR) is 121 cm³/mol. The van der Waals surface area contributed by atoms with Gasteiger partial charge in [-0.1, -0.05) is 18.2 Å². The number of hydrogen-bond donors (Lipinski definition) is 3. The lowest BCUT2D eigenvalue weighted by atomic mass is 10.1. The molecular formula is C25H19F3N2O6. The van der Waals surface area contributed by atoms with Crippen molar-refractivity contribution in [2.75, 3.05) is 13.2 Å². The predicted octanol–water partition coefficient (Wildman–Crippen LogP) is 4.04. The summed E-state index contributed by atoms with van der Waals surface area (Å²) < 4.78 is 57.5. The van der Waals surface area contributed by atoms with E-state index >= 15 is 0 Å². The smallest absolute Gasteiger partial charge is 0.287 e. The van der Waals surface area contributed by atoms with Crippen LogP contribution in [-0.4, -0.2) is 30.1 Å². The molecule has 36 heavy (non-hydrogen) atoms. The van der Waals surface area contributed by atoms with Gasteiger partial charge in [0.1, 0.15) is 36.1 Å². The number of carbonyl (C=O) groups excluding carboxylic acids is 2. The molecule has 0 radical (unpaired) electrons. The molecule has 0 aliphatic rings. The lowest BCUT2D eigenvalue weighted by molar-refractivity contribution is 0.0917. The van der Waals surface area contributed by atoms with Gasteiger partial charge in [-0.15, -0.1) is 0 Å². The number of amides is 2. The lowest BCUT2D eigenvalue weighted by Gasteiger charge is -2.10. The van der Waals surface area contributed by atoms with Gasteiger partial charge in [0.25, 0.3) is 11.8 Å². The molecule has 0 spiro atoms. The second-order valence-corrected chi connectivity index (χ2v) is 7.54. The van der Waals surface area contributed by atoms with Crippen LogP contribution in [0.4, 0.5) is 13.2 Å². The fourth-order valence-electron chi connectivity index (χ4n) is 3.46. The summed E-state index contributed by atoms with van der Waals surface area (Å²) in [6.07, 6.45) is 0. The van der Waals surface area contributed by atoms with E-state index in [1.54, 1.807) is 24.3 Å². The minimum Gasteiger partial charge on any atom is -0.507 e. The average Bonchev–Trinajstić information content (AvgIpc) is 3.19. The van der Waals surface area contributed by atoms with E-state index in [0.717, 1.165) is 0 Å². The molecule has 0 bridgehead atoms. The quantitative estimate of drug-likeness (QED) is 0.298. The van der Waals surface area contributed by atoms with Crippen LogP contribution in [0.2, 0.25) is 0 Å². The third-order valence-electron chi connectivity index (χ3n) is 5.12. The molecule has 8 nitrogen and oxygen atoms in total. The Bertz CT molecular complexity index is 1430. The van der Waals surface area contributed by atoms with Crippen molar-refractivity contribution in [2.45, 2.75) is 6.61 Å². The Morgan fingerprint density at radius 3 is 2.42 bits per heavy atom. The van der Waals surface area contributed by atoms with Crippen LogP contribution in [-0.2, 0) is 6.61 Å². The van der Waals surface area contributed by atoms with E-state index in [-0.39, 0.29) is 41.5 Å². The van der Waals surface area contributed by atoms with Crippen molar-refractivity contribution >= 4 is 22.8 Å². The van der Waals surface area contributed by atoms with Crippen molar-refractivity contribution in [1.82, 2.24) is 5.32 Å². The van der Waals surface area contributed by atoms with Gasteiger partial charge in [-0.3, -0.25) is 9.59 Å². The van der Waals surface area contributed by atoms with E-state index in [0.29, 0.717) is 23.1 Å². The van der Waals surface area contributed by atoms with E-state index in [2.05, 4.69) is 5.32 Å². The van der Waals surface area contributed by atoms with Crippen molar-refractivity contribution < 1.29 is 41.8 Å². The lowest BCUT2D eigenvalue weighted by Crippen LogP contribution is -2.28. The van der Waals surface area contributed by atoms with Crippen molar-refractivity contribution in [3.05, 3.63) is 88.9 Å². The van der Waals surface area contributed by atoms with Gasteiger partial charge < -0.3 is 30.0 Å². The standard InChI is InChI=1S/C25H19F3N2O6/c26-13-9-18(27)23(19(28)10-13)35-12-17-15-3-1-2-4-21(15)36-22(17)25(33)30-7-8-34-14-5-6-16(24(29)32)20(31)11-14/h1-6,9-11,31H,7-8,12H2,(H2,29,32)(H,30,33). The van der Waals surface area contributed by atoms with Gasteiger partial charge in [0.15, 0.2) is 23.1 Å². The SMILES string of the molecule is NC(=O)c1ccc(OCCNC(=O)c2oc3ccccc3c2COc2c(F)cc(F)cc2F)cc1O. The molecule has 4 aromatic rings. The molecule has 186 valence electrons. The molecule has 0 fully saturated rings. The van der Waals surface area contributed by atoms with Gasteiger partial charge in [0, 0.05) is 29.1 Å². The zero-order valence-corrected chi connectivity index (χ0v) is 18.5. The Labute approximate surface area is 202 Å². The molecule has 0 unspecified atom stereocenters. The van der Waals surface area contributed by atoms with E-state index < -0.39 is 41.6 Å². The number of furan rings is 1. The average molecular weight is 500 g/mol. The molecule has 2 amide bonds. The number of ether oxygens (including phenoxy) is 2. The van der Waals surface area contributed by atoms with Crippen LogP contribution in [0.25, 0.3) is 11.0 Å². The molecule has 0 saturated heterocycles. The van der Waals surface area contributed by atoms with Gasteiger partial charge in [-0.2, -0.15) is 0 Å². The molecule has 0 aliphatic carbocycles. The summed E-state index contributed by atoms with van der Waals surface area (Å²) in [6, 6.07) is 11.6. The largest absolute Gasteiger partial charge is 0.507 e. The minimum atomic E-state index is -1.22. The van der Waals surface area contributed by atoms with Crippen LogP contribution >= 0.6 is 0 Å². The Balaban J connectivity index is 1.45. The van der Waals surface area contributed by atoms with Gasteiger partial charge in [-0.25, -0.2) is 13.2 Å². The van der Waals surface area contributed by atoms with Crippen LogP contribution in [0, 0.1) is 17.5 Å². The fourth-order valence-corrected chi connectivity index (χ4v) is 3.46. The first-order chi connectivity index (χ1) is 17.2. The minimum absolute atomic E-state index is 0.000832. The topological polar surface area (TPSA) is 124 Å². The summed E-state index contributed by atoms with van der Waals surface area (Å²) in [6.45, 7) is -0.407. The fraction of sp³-hybridized carbons (Fsp3) is 0.120. The molecule has 0 saturated carbocycles. The van der Waals surface area contributed by atoms with Crippen LogP contribution in [0.3, 0.4) is 0 Å². The van der Waals surface area contributed by atoms with E-state index in [1.807, 2.05) is 0 Å². The summed E-state index contributed by atoms with van der Waals surface area (Å²) in [4.78, 5) is 24.0. The number of nitrogens with one attached hydrogen (secondary N) is 1. The highest BCUT2D eigenvalue weighted by Crippen LogP contribution is 2.29. The van der Waals surface area contributed by atoms with Crippen molar-refractivity contribution in [1.29, 1.82) is 0 Å². The normalized spacial score (nSPS) is 10.9. The number of hydrogen-bond acceptors (Lipinski definition) is 6. The zero-order chi connectivity index (χ0) is 25.8. The summed E-state index contributed by atoms with van der Waals surface area (Å²) in [5.74, 6) is -5.99. The maximum atomic E-state index is 14.0. The molecule has 3 aromatic carbocycles. The monoisotopic (exact) mass is 500 g/mol. The molecular weight excluding hydrogens is 481 g/mol. The van der Waals surface area contributed by atoms with Gasteiger partial charge in [0.2, 0.25) is 0 Å². The summed E-state index contributed by atoms with van der Waals surface area (Å²) in [5.41, 5.74) is 5.66. The van der Waals surface area contributed by atoms with Gasteiger partial charge in [0.05, 0.1) is 12.1 Å². The number of nitrogens with two attached hydrogens (primary N) is 1. The zero-order valence-electron chi connectivity index (χ0n) is 18.5. The maximum Gasteiger partial charge on any atom is 0.287 e. The third kappa shape index (κ3) is 5.19. The molecule has 0 aliphatic heterocycles. The first kappa shape index (κ1) is 24.5. The van der Waals surface area contributed by atoms with Crippen molar-refractivity contribution in [2.24, 2.45) is 5.73 Å². The van der Waals surface area contributed by atoms with Gasteiger partial charge >= 0.3 is 0 Å². The highest BCUT2D eigenvalue weighted by molar-refractivity contribution is 5.99. The summed E-state index contributed by atoms with van der Waals surface area (Å²) in [7, 11) is 0. The number of para-hydroxylation sites is 1. The number of aromatic hydroxyl groups is 1. The molecule has 11 heteroatoms. The Morgan fingerprint density at radius 1 is 1.00 bits per heavy atom. The van der Waals surface area contributed by atoms with Gasteiger partial charge in [-0.05, 0) is 18.2 Å².